The Bertz CT molecular complexity index is 280. The van der Waals surface area contributed by atoms with Crippen LogP contribution >= 0.6 is 0 Å². The van der Waals surface area contributed by atoms with Crippen molar-refractivity contribution in [1.29, 1.82) is 0 Å². The third kappa shape index (κ3) is 5.54. The van der Waals surface area contributed by atoms with E-state index < -0.39 is 8.56 Å². The number of likely N-dealkylation sites (tertiary alicyclic amines) is 1. The molecule has 1 heterocycles. The van der Waals surface area contributed by atoms with Crippen LogP contribution < -0.4 is 0 Å². The van der Waals surface area contributed by atoms with Gasteiger partial charge in [-0.3, -0.25) is 4.79 Å². The fraction of sp³-hybridized carbons (Fsp3) is 0.933. The highest BCUT2D eigenvalue weighted by atomic mass is 28.4. The molecule has 0 aromatic rings. The van der Waals surface area contributed by atoms with E-state index in [1.165, 1.54) is 6.42 Å². The van der Waals surface area contributed by atoms with E-state index in [0.29, 0.717) is 5.91 Å². The van der Waals surface area contributed by atoms with Crippen molar-refractivity contribution in [3.8, 4) is 0 Å². The number of carbonyl (C=O) groups excluding carboxylic acids is 1. The lowest BCUT2D eigenvalue weighted by Gasteiger charge is -2.30. The first-order chi connectivity index (χ1) is 9.67. The summed E-state index contributed by atoms with van der Waals surface area (Å²) in [6.07, 6.45) is 5.13. The van der Waals surface area contributed by atoms with Crippen molar-refractivity contribution in [2.75, 3.05) is 26.3 Å². The van der Waals surface area contributed by atoms with Crippen LogP contribution in [0.5, 0.6) is 0 Å². The summed E-state index contributed by atoms with van der Waals surface area (Å²) in [5, 5.41) is 0. The molecule has 20 heavy (non-hydrogen) atoms. The van der Waals surface area contributed by atoms with Gasteiger partial charge in [-0.1, -0.05) is 13.3 Å². The average Bonchev–Trinajstić information content (AvgIpc) is 2.64. The van der Waals surface area contributed by atoms with Gasteiger partial charge in [0.05, 0.1) is 0 Å². The van der Waals surface area contributed by atoms with Crippen LogP contribution in [0.4, 0.5) is 0 Å². The SMILES string of the molecule is CCO[Si](CC)(CCCN1CCCCCC1=O)OCC. The molecule has 1 aliphatic heterocycles. The lowest BCUT2D eigenvalue weighted by atomic mass is 10.2. The molecule has 0 aromatic carbocycles. The zero-order valence-corrected chi connectivity index (χ0v) is 14.5. The van der Waals surface area contributed by atoms with E-state index in [2.05, 4.69) is 6.92 Å². The van der Waals surface area contributed by atoms with E-state index in [1.807, 2.05) is 18.7 Å². The van der Waals surface area contributed by atoms with E-state index in [0.717, 1.165) is 64.1 Å². The number of hydrogen-bond donors (Lipinski definition) is 0. The van der Waals surface area contributed by atoms with Gasteiger partial charge in [-0.2, -0.15) is 0 Å². The Hall–Kier alpha value is -0.393. The lowest BCUT2D eigenvalue weighted by Crippen LogP contribution is -2.42. The van der Waals surface area contributed by atoms with Gasteiger partial charge < -0.3 is 13.8 Å². The standard InChI is InChI=1S/C15H31NO3Si/c1-4-18-20(6-3,19-5-2)14-10-13-16-12-9-7-8-11-15(16)17/h4-14H2,1-3H3. The average molecular weight is 302 g/mol. The molecule has 4 nitrogen and oxygen atoms in total. The van der Waals surface area contributed by atoms with Gasteiger partial charge in [-0.15, -0.1) is 0 Å². The topological polar surface area (TPSA) is 38.8 Å². The van der Waals surface area contributed by atoms with Crippen LogP contribution in [0.15, 0.2) is 0 Å². The van der Waals surface area contributed by atoms with Crippen molar-refractivity contribution in [2.24, 2.45) is 0 Å². The number of hydrogen-bond acceptors (Lipinski definition) is 3. The van der Waals surface area contributed by atoms with Crippen molar-refractivity contribution in [3.05, 3.63) is 0 Å². The second-order valence-corrected chi connectivity index (χ2v) is 9.03. The summed E-state index contributed by atoms with van der Waals surface area (Å²) in [6, 6.07) is 1.98. The third-order valence-electron chi connectivity index (χ3n) is 4.01. The summed E-state index contributed by atoms with van der Waals surface area (Å²) in [5.41, 5.74) is 0. The van der Waals surface area contributed by atoms with Gasteiger partial charge >= 0.3 is 8.56 Å². The minimum absolute atomic E-state index is 0.332. The molecule has 0 atom stereocenters. The van der Waals surface area contributed by atoms with E-state index in [4.69, 9.17) is 8.85 Å². The van der Waals surface area contributed by atoms with Crippen molar-refractivity contribution in [3.63, 3.8) is 0 Å². The quantitative estimate of drug-likeness (QED) is 0.613. The van der Waals surface area contributed by atoms with Crippen LogP contribution in [0, 0.1) is 0 Å². The molecule has 0 spiro atoms. The summed E-state index contributed by atoms with van der Waals surface area (Å²) in [6.45, 7) is 9.49. The third-order valence-corrected chi connectivity index (χ3v) is 7.83. The first-order valence-electron chi connectivity index (χ1n) is 8.23. The Kier molecular flexibility index (Phi) is 8.41. The van der Waals surface area contributed by atoms with Gasteiger partial charge in [0.1, 0.15) is 0 Å². The van der Waals surface area contributed by atoms with Crippen LogP contribution in [-0.4, -0.2) is 45.7 Å². The minimum atomic E-state index is -2.03. The normalized spacial score (nSPS) is 17.4. The van der Waals surface area contributed by atoms with E-state index >= 15 is 0 Å². The summed E-state index contributed by atoms with van der Waals surface area (Å²) in [5.74, 6) is 0.332. The Morgan fingerprint density at radius 2 is 1.80 bits per heavy atom. The molecule has 1 saturated heterocycles. The first-order valence-corrected chi connectivity index (χ1v) is 10.5. The maximum Gasteiger partial charge on any atom is 0.337 e. The van der Waals surface area contributed by atoms with E-state index in [1.54, 1.807) is 0 Å². The maximum absolute atomic E-state index is 12.0. The van der Waals surface area contributed by atoms with Crippen molar-refractivity contribution in [2.45, 2.75) is 65.0 Å². The predicted molar refractivity (Wildman–Crippen MR) is 84.0 cm³/mol. The molecular formula is C15H31NO3Si. The van der Waals surface area contributed by atoms with Gasteiger partial charge in [-0.25, -0.2) is 0 Å². The second-order valence-electron chi connectivity index (χ2n) is 5.43. The Balaban J connectivity index is 2.44. The molecule has 1 rings (SSSR count). The van der Waals surface area contributed by atoms with Crippen LogP contribution in [-0.2, 0) is 13.6 Å². The molecule has 5 heteroatoms. The first kappa shape index (κ1) is 17.7. The van der Waals surface area contributed by atoms with Crippen molar-refractivity contribution < 1.29 is 13.6 Å². The van der Waals surface area contributed by atoms with Gasteiger partial charge in [-0.05, 0) is 45.2 Å². The Morgan fingerprint density at radius 1 is 1.10 bits per heavy atom. The summed E-state index contributed by atoms with van der Waals surface area (Å²) < 4.78 is 11.9. The number of nitrogens with zero attached hydrogens (tertiary/aromatic N) is 1. The second kappa shape index (κ2) is 9.53. The molecular weight excluding hydrogens is 270 g/mol. The molecule has 1 amide bonds. The monoisotopic (exact) mass is 301 g/mol. The van der Waals surface area contributed by atoms with Crippen molar-refractivity contribution in [1.82, 2.24) is 4.90 Å². The highest BCUT2D eigenvalue weighted by Gasteiger charge is 2.34. The van der Waals surface area contributed by atoms with Crippen LogP contribution in [0.1, 0.15) is 52.9 Å². The molecule has 0 N–H and O–H groups in total. The fourth-order valence-corrected chi connectivity index (χ4v) is 5.79. The number of amides is 1. The molecule has 0 aromatic heterocycles. The largest absolute Gasteiger partial charge is 0.394 e. The summed E-state index contributed by atoms with van der Waals surface area (Å²) >= 11 is 0. The zero-order valence-electron chi connectivity index (χ0n) is 13.5. The molecule has 0 unspecified atom stereocenters. The van der Waals surface area contributed by atoms with Crippen molar-refractivity contribution >= 4 is 14.5 Å². The molecule has 0 bridgehead atoms. The molecule has 1 aliphatic rings. The fourth-order valence-electron chi connectivity index (χ4n) is 2.91. The van der Waals surface area contributed by atoms with Gasteiger partial charge in [0.25, 0.3) is 0 Å². The Labute approximate surface area is 125 Å². The molecule has 1 fully saturated rings. The van der Waals surface area contributed by atoms with Crippen LogP contribution in [0.2, 0.25) is 12.1 Å². The molecule has 0 saturated carbocycles. The zero-order chi connectivity index (χ0) is 14.8. The number of rotatable bonds is 9. The molecule has 118 valence electrons. The van der Waals surface area contributed by atoms with E-state index in [9.17, 15) is 4.79 Å². The summed E-state index contributed by atoms with van der Waals surface area (Å²) in [7, 11) is -2.03. The van der Waals surface area contributed by atoms with E-state index in [-0.39, 0.29) is 0 Å². The Morgan fingerprint density at radius 3 is 2.40 bits per heavy atom. The lowest BCUT2D eigenvalue weighted by molar-refractivity contribution is -0.130. The minimum Gasteiger partial charge on any atom is -0.394 e. The van der Waals surface area contributed by atoms with Crippen LogP contribution in [0.3, 0.4) is 0 Å². The van der Waals surface area contributed by atoms with Gasteiger partial charge in [0.2, 0.25) is 5.91 Å². The van der Waals surface area contributed by atoms with Gasteiger partial charge in [0.15, 0.2) is 0 Å². The highest BCUT2D eigenvalue weighted by molar-refractivity contribution is 6.67. The molecule has 0 aliphatic carbocycles. The smallest absolute Gasteiger partial charge is 0.337 e. The molecule has 0 radical (unpaired) electrons. The predicted octanol–water partition coefficient (Wildman–Crippen LogP) is 3.31. The number of carbonyl (C=O) groups is 1. The van der Waals surface area contributed by atoms with Gasteiger partial charge in [0, 0.05) is 32.7 Å². The summed E-state index contributed by atoms with van der Waals surface area (Å²) in [4.78, 5) is 14.0. The van der Waals surface area contributed by atoms with Crippen LogP contribution in [0.25, 0.3) is 0 Å². The highest BCUT2D eigenvalue weighted by Crippen LogP contribution is 2.22. The maximum atomic E-state index is 12.0.